The van der Waals surface area contributed by atoms with Crippen LogP contribution in [0.1, 0.15) is 6.92 Å². The zero-order valence-corrected chi connectivity index (χ0v) is 5.39. The molecular formula is C5H13N2O+. The number of hydrazine groups is 1. The zero-order valence-electron chi connectivity index (χ0n) is 5.39. The summed E-state index contributed by atoms with van der Waals surface area (Å²) < 4.78 is 1.56. The Hall–Kier alpha value is -0.570. The van der Waals surface area contributed by atoms with Crippen LogP contribution in [0.15, 0.2) is 0 Å². The van der Waals surface area contributed by atoms with Crippen LogP contribution in [0.25, 0.3) is 0 Å². The number of rotatable bonds is 3. The SMILES string of the molecule is C=[N+](C)NCC(C)O. The lowest BCUT2D eigenvalue weighted by molar-refractivity contribution is -0.552. The van der Waals surface area contributed by atoms with E-state index in [1.54, 1.807) is 18.7 Å². The number of hydrazone groups is 1. The van der Waals surface area contributed by atoms with Gasteiger partial charge in [0, 0.05) is 0 Å². The Balaban J connectivity index is 3.05. The molecule has 0 saturated heterocycles. The number of nitrogens with one attached hydrogen (secondary N) is 1. The van der Waals surface area contributed by atoms with Crippen molar-refractivity contribution in [3.63, 3.8) is 0 Å². The lowest BCUT2D eigenvalue weighted by atomic mass is 10.4. The second-order valence-corrected chi connectivity index (χ2v) is 1.91. The fourth-order valence-corrected chi connectivity index (χ4v) is 0.288. The molecule has 8 heavy (non-hydrogen) atoms. The first kappa shape index (κ1) is 7.43. The van der Waals surface area contributed by atoms with Crippen LogP contribution >= 0.6 is 0 Å². The molecule has 0 radical (unpaired) electrons. The topological polar surface area (TPSA) is 35.3 Å². The van der Waals surface area contributed by atoms with Crippen LogP contribution in [0.5, 0.6) is 0 Å². The summed E-state index contributed by atoms with van der Waals surface area (Å²) in [5.41, 5.74) is 2.82. The van der Waals surface area contributed by atoms with E-state index in [9.17, 15) is 0 Å². The Labute approximate surface area is 49.6 Å². The summed E-state index contributed by atoms with van der Waals surface area (Å²) in [5, 5.41) is 8.68. The largest absolute Gasteiger partial charge is 0.391 e. The van der Waals surface area contributed by atoms with E-state index in [2.05, 4.69) is 12.1 Å². The first-order chi connectivity index (χ1) is 3.63. The minimum absolute atomic E-state index is 0.306. The van der Waals surface area contributed by atoms with Crippen molar-refractivity contribution in [2.75, 3.05) is 13.6 Å². The van der Waals surface area contributed by atoms with Gasteiger partial charge in [0.25, 0.3) is 0 Å². The third-order valence-electron chi connectivity index (χ3n) is 0.657. The van der Waals surface area contributed by atoms with E-state index in [1.165, 1.54) is 0 Å². The lowest BCUT2D eigenvalue weighted by Gasteiger charge is -2.00. The molecule has 0 aromatic rings. The maximum Gasteiger partial charge on any atom is 0.161 e. The molecule has 48 valence electrons. The minimum Gasteiger partial charge on any atom is -0.391 e. The van der Waals surface area contributed by atoms with Crippen LogP contribution in [0.2, 0.25) is 0 Å². The average Bonchev–Trinajstić information content (AvgIpc) is 1.61. The summed E-state index contributed by atoms with van der Waals surface area (Å²) in [7, 11) is 1.78. The second-order valence-electron chi connectivity index (χ2n) is 1.91. The minimum atomic E-state index is -0.306. The zero-order chi connectivity index (χ0) is 6.57. The third-order valence-corrected chi connectivity index (χ3v) is 0.657. The predicted molar refractivity (Wildman–Crippen MR) is 33.0 cm³/mol. The van der Waals surface area contributed by atoms with Gasteiger partial charge in [-0.2, -0.15) is 5.43 Å². The Morgan fingerprint density at radius 2 is 2.38 bits per heavy atom. The molecule has 0 heterocycles. The Bertz CT molecular complexity index is 80.5. The van der Waals surface area contributed by atoms with E-state index >= 15 is 0 Å². The molecule has 0 aliphatic heterocycles. The summed E-state index contributed by atoms with van der Waals surface area (Å²) in [6.07, 6.45) is -0.306. The molecule has 0 fully saturated rings. The van der Waals surface area contributed by atoms with Crippen molar-refractivity contribution in [3.8, 4) is 0 Å². The lowest BCUT2D eigenvalue weighted by Crippen LogP contribution is -2.30. The van der Waals surface area contributed by atoms with Gasteiger partial charge in [0.2, 0.25) is 0 Å². The third kappa shape index (κ3) is 5.43. The highest BCUT2D eigenvalue weighted by Crippen LogP contribution is 1.71. The van der Waals surface area contributed by atoms with Crippen molar-refractivity contribution in [2.24, 2.45) is 0 Å². The molecule has 0 spiro atoms. The van der Waals surface area contributed by atoms with E-state index in [0.29, 0.717) is 6.54 Å². The van der Waals surface area contributed by atoms with E-state index < -0.39 is 0 Å². The number of aliphatic hydroxyl groups excluding tert-OH is 1. The molecule has 0 saturated carbocycles. The first-order valence-electron chi connectivity index (χ1n) is 2.58. The van der Waals surface area contributed by atoms with Crippen LogP contribution in [0.3, 0.4) is 0 Å². The molecule has 0 aromatic heterocycles. The molecule has 0 aliphatic carbocycles. The van der Waals surface area contributed by atoms with Gasteiger partial charge in [-0.05, 0) is 6.92 Å². The summed E-state index contributed by atoms with van der Waals surface area (Å²) in [4.78, 5) is 0. The highest BCUT2D eigenvalue weighted by atomic mass is 16.3. The highest BCUT2D eigenvalue weighted by molar-refractivity contribution is 5.13. The van der Waals surface area contributed by atoms with Gasteiger partial charge in [-0.1, -0.05) is 0 Å². The molecule has 0 aliphatic rings. The molecule has 0 bridgehead atoms. The normalized spacial score (nSPS) is 12.9. The molecule has 2 N–H and O–H groups in total. The second kappa shape index (κ2) is 3.43. The van der Waals surface area contributed by atoms with Crippen LogP contribution in [-0.2, 0) is 0 Å². The Morgan fingerprint density at radius 1 is 1.88 bits per heavy atom. The predicted octanol–water partition coefficient (Wildman–Crippen LogP) is -0.785. The van der Waals surface area contributed by atoms with Gasteiger partial charge in [-0.15, -0.1) is 4.68 Å². The average molecular weight is 117 g/mol. The summed E-state index contributed by atoms with van der Waals surface area (Å²) in [6, 6.07) is 0. The molecule has 3 heteroatoms. The molecular weight excluding hydrogens is 104 g/mol. The van der Waals surface area contributed by atoms with Gasteiger partial charge < -0.3 is 5.11 Å². The summed E-state index contributed by atoms with van der Waals surface area (Å²) in [5.74, 6) is 0. The molecule has 0 rings (SSSR count). The quantitative estimate of drug-likeness (QED) is 0.289. The van der Waals surface area contributed by atoms with E-state index in [0.717, 1.165) is 0 Å². The smallest absolute Gasteiger partial charge is 0.161 e. The van der Waals surface area contributed by atoms with Gasteiger partial charge in [0.1, 0.15) is 0 Å². The maximum atomic E-state index is 8.68. The highest BCUT2D eigenvalue weighted by Gasteiger charge is 1.94. The van der Waals surface area contributed by atoms with Crippen molar-refractivity contribution >= 4 is 6.72 Å². The van der Waals surface area contributed by atoms with E-state index in [4.69, 9.17) is 5.11 Å². The first-order valence-corrected chi connectivity index (χ1v) is 2.58. The van der Waals surface area contributed by atoms with Crippen molar-refractivity contribution < 1.29 is 9.79 Å². The van der Waals surface area contributed by atoms with Gasteiger partial charge in [-0.3, -0.25) is 0 Å². The molecule has 0 aromatic carbocycles. The van der Waals surface area contributed by atoms with Crippen molar-refractivity contribution in [1.82, 2.24) is 5.43 Å². The van der Waals surface area contributed by atoms with Crippen LogP contribution in [-0.4, -0.2) is 36.2 Å². The van der Waals surface area contributed by atoms with E-state index in [1.807, 2.05) is 0 Å². The van der Waals surface area contributed by atoms with Crippen molar-refractivity contribution in [1.29, 1.82) is 0 Å². The van der Waals surface area contributed by atoms with Crippen molar-refractivity contribution in [3.05, 3.63) is 0 Å². The number of hydrogen-bond donors (Lipinski definition) is 2. The molecule has 3 nitrogen and oxygen atoms in total. The fraction of sp³-hybridized carbons (Fsp3) is 0.800. The fourth-order valence-electron chi connectivity index (χ4n) is 0.288. The van der Waals surface area contributed by atoms with Crippen LogP contribution in [0, 0.1) is 0 Å². The number of aliphatic hydroxyl groups is 1. The number of nitrogens with zero attached hydrogens (tertiary/aromatic N) is 1. The van der Waals surface area contributed by atoms with Gasteiger partial charge in [0.05, 0.1) is 12.6 Å². The van der Waals surface area contributed by atoms with Gasteiger partial charge in [-0.25, -0.2) is 0 Å². The molecule has 0 amide bonds. The molecule has 1 atom stereocenters. The van der Waals surface area contributed by atoms with Crippen LogP contribution < -0.4 is 5.43 Å². The molecule has 1 unspecified atom stereocenters. The summed E-state index contributed by atoms with van der Waals surface area (Å²) in [6.45, 7) is 5.80. The Kier molecular flexibility index (Phi) is 3.19. The van der Waals surface area contributed by atoms with Gasteiger partial charge in [0.15, 0.2) is 13.8 Å². The summed E-state index contributed by atoms with van der Waals surface area (Å²) >= 11 is 0. The standard InChI is InChI=1S/C5H13N2O/c1-5(8)4-6-7(2)3/h5-6,8H,2,4H2,1,3H3/q+1. The van der Waals surface area contributed by atoms with Gasteiger partial charge >= 0.3 is 0 Å². The van der Waals surface area contributed by atoms with Crippen molar-refractivity contribution in [2.45, 2.75) is 13.0 Å². The number of hydrogen-bond acceptors (Lipinski definition) is 2. The van der Waals surface area contributed by atoms with E-state index in [-0.39, 0.29) is 6.10 Å². The van der Waals surface area contributed by atoms with Crippen LogP contribution in [0.4, 0.5) is 0 Å². The Morgan fingerprint density at radius 3 is 2.50 bits per heavy atom. The maximum absolute atomic E-state index is 8.68. The monoisotopic (exact) mass is 117 g/mol.